The second-order valence-corrected chi connectivity index (χ2v) is 7.29. The van der Waals surface area contributed by atoms with Gasteiger partial charge in [-0.2, -0.15) is 5.06 Å². The molecular formula is C12H17FN4O7S. The molecule has 13 heteroatoms. The molecule has 4 N–H and O–H groups in total. The van der Waals surface area contributed by atoms with Crippen molar-refractivity contribution in [2.24, 2.45) is 5.14 Å². The third-order valence-corrected chi connectivity index (χ3v) is 4.43. The van der Waals surface area contributed by atoms with Crippen molar-refractivity contribution < 1.29 is 37.1 Å². The molecule has 140 valence electrons. The average molecular weight is 380 g/mol. The molecule has 0 aliphatic carbocycles. The van der Waals surface area contributed by atoms with E-state index in [-0.39, 0.29) is 13.1 Å². The number of carboxylic acid groups (broad SMARTS) is 1. The van der Waals surface area contributed by atoms with E-state index in [4.69, 9.17) is 10.2 Å². The van der Waals surface area contributed by atoms with Crippen molar-refractivity contribution in [3.05, 3.63) is 11.6 Å². The minimum absolute atomic E-state index is 0.00418. The number of alkyl halides is 1. The molecule has 2 aliphatic rings. The van der Waals surface area contributed by atoms with Crippen molar-refractivity contribution >= 4 is 27.9 Å². The molecule has 3 amide bonds. The van der Waals surface area contributed by atoms with Gasteiger partial charge in [0.05, 0.1) is 18.3 Å². The van der Waals surface area contributed by atoms with Gasteiger partial charge in [0.1, 0.15) is 6.04 Å². The third kappa shape index (κ3) is 4.24. The van der Waals surface area contributed by atoms with E-state index in [2.05, 4.69) is 10.2 Å². The minimum Gasteiger partial charge on any atom is -0.477 e. The van der Waals surface area contributed by atoms with Gasteiger partial charge in [0.25, 0.3) is 0 Å². The van der Waals surface area contributed by atoms with E-state index < -0.39 is 52.1 Å². The van der Waals surface area contributed by atoms with Gasteiger partial charge in [0.15, 0.2) is 0 Å². The average Bonchev–Trinajstić information content (AvgIpc) is 2.71. The standard InChI is InChI=1S/C12H17FN4O7S/c1-6-4-7-5-16(12(21)17(7)24-9(13)11(19)20)8(6)10(18)15-2-3-25(14,22)23/h4,7-9H,2-3,5H2,1H3,(H,15,18)(H,19,20)(H2,14,22,23)/t7-,8+,9?/m1/s1. The van der Waals surface area contributed by atoms with Gasteiger partial charge in [-0.25, -0.2) is 32.4 Å². The van der Waals surface area contributed by atoms with E-state index in [1.54, 1.807) is 6.92 Å². The van der Waals surface area contributed by atoms with Gasteiger partial charge in [0.2, 0.25) is 15.9 Å². The molecule has 1 saturated heterocycles. The monoisotopic (exact) mass is 380 g/mol. The summed E-state index contributed by atoms with van der Waals surface area (Å²) in [4.78, 5) is 40.7. The molecule has 2 aliphatic heterocycles. The number of primary sulfonamides is 1. The Morgan fingerprint density at radius 1 is 1.56 bits per heavy atom. The number of carboxylic acids is 1. The molecule has 1 fully saturated rings. The van der Waals surface area contributed by atoms with Crippen molar-refractivity contribution in [1.29, 1.82) is 0 Å². The second kappa shape index (κ2) is 6.93. The fourth-order valence-electron chi connectivity index (χ4n) is 2.63. The molecule has 1 unspecified atom stereocenters. The van der Waals surface area contributed by atoms with Crippen LogP contribution >= 0.6 is 0 Å². The Morgan fingerprint density at radius 2 is 2.20 bits per heavy atom. The summed E-state index contributed by atoms with van der Waals surface area (Å²) < 4.78 is 35.0. The van der Waals surface area contributed by atoms with E-state index in [0.717, 1.165) is 4.90 Å². The van der Waals surface area contributed by atoms with E-state index in [1.165, 1.54) is 6.08 Å². The number of fused-ring (bicyclic) bond motifs is 2. The van der Waals surface area contributed by atoms with Gasteiger partial charge >= 0.3 is 18.4 Å². The first-order valence-electron chi connectivity index (χ1n) is 7.11. The number of nitrogens with one attached hydrogen (secondary N) is 1. The number of urea groups is 1. The quantitative estimate of drug-likeness (QED) is 0.437. The van der Waals surface area contributed by atoms with E-state index >= 15 is 0 Å². The normalized spacial score (nSPS) is 24.1. The van der Waals surface area contributed by atoms with E-state index in [9.17, 15) is 27.2 Å². The lowest BCUT2D eigenvalue weighted by Crippen LogP contribution is -2.50. The Labute approximate surface area is 142 Å². The molecule has 2 heterocycles. The minimum atomic E-state index is -3.75. The van der Waals surface area contributed by atoms with Gasteiger partial charge in [-0.05, 0) is 12.5 Å². The van der Waals surface area contributed by atoms with Gasteiger partial charge in [-0.1, -0.05) is 6.08 Å². The van der Waals surface area contributed by atoms with Gasteiger partial charge < -0.3 is 15.3 Å². The van der Waals surface area contributed by atoms with Crippen LogP contribution in [0.1, 0.15) is 6.92 Å². The van der Waals surface area contributed by atoms with Gasteiger partial charge in [-0.3, -0.25) is 4.79 Å². The zero-order valence-corrected chi connectivity index (χ0v) is 13.9. The Hall–Kier alpha value is -2.25. The van der Waals surface area contributed by atoms with Crippen LogP contribution < -0.4 is 10.5 Å². The zero-order chi connectivity index (χ0) is 18.9. The maximum Gasteiger partial charge on any atom is 0.368 e. The van der Waals surface area contributed by atoms with Crippen molar-refractivity contribution in [3.8, 4) is 0 Å². The number of nitrogens with two attached hydrogens (primary N) is 1. The highest BCUT2D eigenvalue weighted by molar-refractivity contribution is 7.89. The maximum absolute atomic E-state index is 13.2. The number of rotatable bonds is 7. The summed E-state index contributed by atoms with van der Waals surface area (Å²) >= 11 is 0. The van der Waals surface area contributed by atoms with Crippen LogP contribution in [0, 0.1) is 0 Å². The number of amides is 3. The molecule has 0 aromatic heterocycles. The predicted molar refractivity (Wildman–Crippen MR) is 79.9 cm³/mol. The summed E-state index contributed by atoms with van der Waals surface area (Å²) in [6.45, 7) is 1.32. The fraction of sp³-hybridized carbons (Fsp3) is 0.583. The second-order valence-electron chi connectivity index (χ2n) is 5.56. The Balaban J connectivity index is 2.08. The van der Waals surface area contributed by atoms with Crippen molar-refractivity contribution in [1.82, 2.24) is 15.3 Å². The van der Waals surface area contributed by atoms with Crippen LogP contribution in [0.2, 0.25) is 0 Å². The lowest BCUT2D eigenvalue weighted by molar-refractivity contribution is -0.219. The Bertz CT molecular complexity index is 725. The van der Waals surface area contributed by atoms with E-state index in [1.807, 2.05) is 0 Å². The molecular weight excluding hydrogens is 363 g/mol. The molecule has 2 bridgehead atoms. The SMILES string of the molecule is CC1=C[C@@H]2CN(C(=O)N2OC(F)C(=O)O)[C@@H]1C(=O)NCCS(N)(=O)=O. The van der Waals surface area contributed by atoms with E-state index in [0.29, 0.717) is 10.6 Å². The van der Waals surface area contributed by atoms with Crippen LogP contribution in [0.3, 0.4) is 0 Å². The summed E-state index contributed by atoms with van der Waals surface area (Å²) in [5, 5.41) is 16.3. The van der Waals surface area contributed by atoms with Crippen molar-refractivity contribution in [2.45, 2.75) is 25.4 Å². The first-order chi connectivity index (χ1) is 11.5. The molecule has 3 atom stereocenters. The number of carbonyl (C=O) groups is 3. The molecule has 2 rings (SSSR count). The van der Waals surface area contributed by atoms with Gasteiger partial charge in [0, 0.05) is 6.54 Å². The van der Waals surface area contributed by atoms with Crippen LogP contribution in [-0.2, 0) is 24.4 Å². The molecule has 0 saturated carbocycles. The van der Waals surface area contributed by atoms with Gasteiger partial charge in [-0.15, -0.1) is 0 Å². The van der Waals surface area contributed by atoms with Crippen LogP contribution in [0.4, 0.5) is 9.18 Å². The summed E-state index contributed by atoms with van der Waals surface area (Å²) in [5.74, 6) is -2.99. The Morgan fingerprint density at radius 3 is 2.76 bits per heavy atom. The number of carbonyl (C=O) groups excluding carboxylic acids is 2. The van der Waals surface area contributed by atoms with Crippen LogP contribution in [0.25, 0.3) is 0 Å². The maximum atomic E-state index is 13.2. The third-order valence-electron chi connectivity index (χ3n) is 3.65. The summed E-state index contributed by atoms with van der Waals surface area (Å²) in [5.41, 5.74) is 0.453. The first-order valence-corrected chi connectivity index (χ1v) is 8.83. The topological polar surface area (TPSA) is 159 Å². The lowest BCUT2D eigenvalue weighted by Gasteiger charge is -2.29. The van der Waals surface area contributed by atoms with Crippen LogP contribution in [-0.4, -0.2) is 78.7 Å². The number of hydroxylamine groups is 2. The van der Waals surface area contributed by atoms with Crippen molar-refractivity contribution in [3.63, 3.8) is 0 Å². The number of sulfonamides is 1. The van der Waals surface area contributed by atoms with Crippen LogP contribution in [0.15, 0.2) is 11.6 Å². The predicted octanol–water partition coefficient (Wildman–Crippen LogP) is -1.86. The summed E-state index contributed by atoms with van der Waals surface area (Å²) in [6, 6.07) is -2.65. The first kappa shape index (κ1) is 19.1. The molecule has 11 nitrogen and oxygen atoms in total. The molecule has 0 radical (unpaired) electrons. The largest absolute Gasteiger partial charge is 0.477 e. The number of hydrogen-bond donors (Lipinski definition) is 3. The molecule has 0 aromatic carbocycles. The number of hydrogen-bond acceptors (Lipinski definition) is 6. The number of nitrogens with zero attached hydrogens (tertiary/aromatic N) is 2. The van der Waals surface area contributed by atoms with Crippen molar-refractivity contribution in [2.75, 3.05) is 18.8 Å². The number of aliphatic carboxylic acids is 1. The highest BCUT2D eigenvalue weighted by Crippen LogP contribution is 2.30. The summed E-state index contributed by atoms with van der Waals surface area (Å²) in [6.07, 6.45) is -1.24. The molecule has 0 spiro atoms. The summed E-state index contributed by atoms with van der Waals surface area (Å²) in [7, 11) is -3.75. The van der Waals surface area contributed by atoms with Crippen LogP contribution in [0.5, 0.6) is 0 Å². The lowest BCUT2D eigenvalue weighted by atomic mass is 10.00. The smallest absolute Gasteiger partial charge is 0.368 e. The highest BCUT2D eigenvalue weighted by Gasteiger charge is 2.48. The Kier molecular flexibility index (Phi) is 5.29. The fourth-order valence-corrected chi connectivity index (χ4v) is 3.02. The highest BCUT2D eigenvalue weighted by atomic mass is 32.2. The molecule has 25 heavy (non-hydrogen) atoms. The number of halogens is 1. The zero-order valence-electron chi connectivity index (χ0n) is 13.1. The molecule has 0 aromatic rings.